The second-order valence-corrected chi connectivity index (χ2v) is 6.61. The molecule has 2 rings (SSSR count). The molecular weight excluding hydrogens is 357 g/mol. The van der Waals surface area contributed by atoms with Crippen LogP contribution in [0.4, 0.5) is 18.9 Å². The Morgan fingerprint density at radius 2 is 2.08 bits per heavy atom. The molecule has 0 bridgehead atoms. The summed E-state index contributed by atoms with van der Waals surface area (Å²) in [6.45, 7) is 2.51. The van der Waals surface area contributed by atoms with Gasteiger partial charge in [-0.1, -0.05) is 24.9 Å². The lowest BCUT2D eigenvalue weighted by atomic mass is 10.1. The maximum absolute atomic E-state index is 13.3. The molecule has 0 aromatic heterocycles. The summed E-state index contributed by atoms with van der Waals surface area (Å²) in [5.74, 6) is -1.34. The number of hydrogen-bond donors (Lipinski definition) is 0. The van der Waals surface area contributed by atoms with Gasteiger partial charge in [0.1, 0.15) is 0 Å². The first-order chi connectivity index (χ1) is 11.6. The van der Waals surface area contributed by atoms with Crippen molar-refractivity contribution in [2.45, 2.75) is 32.4 Å². The summed E-state index contributed by atoms with van der Waals surface area (Å²) in [5, 5.41) is -0.0605. The van der Waals surface area contributed by atoms with Crippen LogP contribution in [-0.2, 0) is 15.8 Å². The van der Waals surface area contributed by atoms with E-state index in [0.29, 0.717) is 6.54 Å². The van der Waals surface area contributed by atoms with E-state index in [0.717, 1.165) is 23.8 Å². The number of nitrogens with zero attached hydrogens (tertiary/aromatic N) is 2. The Morgan fingerprint density at radius 1 is 1.40 bits per heavy atom. The van der Waals surface area contributed by atoms with Crippen LogP contribution in [0.1, 0.15) is 31.7 Å². The SMILES string of the molecule is CCCCN(C)C(=O)C1CC(=O)N(c2ccc(Cl)cc2C(F)(F)F)C1. The topological polar surface area (TPSA) is 40.6 Å². The second-order valence-electron chi connectivity index (χ2n) is 6.18. The minimum Gasteiger partial charge on any atom is -0.345 e. The van der Waals surface area contributed by atoms with E-state index < -0.39 is 23.6 Å². The summed E-state index contributed by atoms with van der Waals surface area (Å²) in [4.78, 5) is 27.2. The molecule has 1 aliphatic heterocycles. The smallest absolute Gasteiger partial charge is 0.345 e. The number of benzene rings is 1. The Kier molecular flexibility index (Phi) is 5.98. The third kappa shape index (κ3) is 4.45. The van der Waals surface area contributed by atoms with E-state index in [9.17, 15) is 22.8 Å². The van der Waals surface area contributed by atoms with Gasteiger partial charge in [-0.3, -0.25) is 9.59 Å². The van der Waals surface area contributed by atoms with E-state index in [2.05, 4.69) is 0 Å². The quantitative estimate of drug-likeness (QED) is 0.780. The molecule has 0 aliphatic carbocycles. The number of carbonyl (C=O) groups is 2. The molecule has 1 unspecified atom stereocenters. The van der Waals surface area contributed by atoms with Crippen LogP contribution >= 0.6 is 11.6 Å². The molecule has 0 spiro atoms. The molecule has 1 aliphatic rings. The fraction of sp³-hybridized carbons (Fsp3) is 0.529. The standard InChI is InChI=1S/C17H20ClF3N2O2/c1-3-4-7-22(2)16(25)11-8-15(24)23(10-11)14-6-5-12(18)9-13(14)17(19,20)21/h5-6,9,11H,3-4,7-8,10H2,1-2H3. The fourth-order valence-corrected chi connectivity index (χ4v) is 3.07. The van der Waals surface area contributed by atoms with Gasteiger partial charge in [-0.2, -0.15) is 13.2 Å². The minimum absolute atomic E-state index is 0.0567. The maximum atomic E-state index is 13.3. The minimum atomic E-state index is -4.64. The second kappa shape index (κ2) is 7.64. The monoisotopic (exact) mass is 376 g/mol. The zero-order chi connectivity index (χ0) is 18.8. The molecule has 1 atom stereocenters. The van der Waals surface area contributed by atoms with Crippen LogP contribution in [0.15, 0.2) is 18.2 Å². The largest absolute Gasteiger partial charge is 0.418 e. The van der Waals surface area contributed by atoms with Gasteiger partial charge in [0.2, 0.25) is 11.8 Å². The van der Waals surface area contributed by atoms with E-state index in [-0.39, 0.29) is 29.6 Å². The first kappa shape index (κ1) is 19.6. The van der Waals surface area contributed by atoms with Gasteiger partial charge in [0, 0.05) is 31.6 Å². The van der Waals surface area contributed by atoms with Crippen molar-refractivity contribution in [1.29, 1.82) is 0 Å². The lowest BCUT2D eigenvalue weighted by molar-refractivity contribution is -0.137. The highest BCUT2D eigenvalue weighted by Gasteiger charge is 2.41. The number of hydrogen-bond acceptors (Lipinski definition) is 2. The molecule has 1 saturated heterocycles. The molecule has 25 heavy (non-hydrogen) atoms. The molecule has 4 nitrogen and oxygen atoms in total. The average Bonchev–Trinajstić information content (AvgIpc) is 2.92. The van der Waals surface area contributed by atoms with Crippen molar-refractivity contribution >= 4 is 29.1 Å². The van der Waals surface area contributed by atoms with Gasteiger partial charge in [0.15, 0.2) is 0 Å². The van der Waals surface area contributed by atoms with Gasteiger partial charge in [-0.15, -0.1) is 0 Å². The zero-order valence-electron chi connectivity index (χ0n) is 14.1. The molecular formula is C17H20ClF3N2O2. The molecule has 1 aromatic rings. The molecule has 0 saturated carbocycles. The predicted molar refractivity (Wildman–Crippen MR) is 89.5 cm³/mol. The van der Waals surface area contributed by atoms with E-state index in [4.69, 9.17) is 11.6 Å². The summed E-state index contributed by atoms with van der Waals surface area (Å²) in [6.07, 6.45) is -2.97. The zero-order valence-corrected chi connectivity index (χ0v) is 14.8. The highest BCUT2D eigenvalue weighted by Crippen LogP contribution is 2.40. The van der Waals surface area contributed by atoms with Crippen LogP contribution in [-0.4, -0.2) is 36.9 Å². The Balaban J connectivity index is 2.23. The van der Waals surface area contributed by atoms with Crippen molar-refractivity contribution in [1.82, 2.24) is 4.90 Å². The summed E-state index contributed by atoms with van der Waals surface area (Å²) in [7, 11) is 1.65. The fourth-order valence-electron chi connectivity index (χ4n) is 2.89. The highest BCUT2D eigenvalue weighted by atomic mass is 35.5. The number of rotatable bonds is 5. The summed E-state index contributed by atoms with van der Waals surface area (Å²) < 4.78 is 39.8. The molecule has 0 radical (unpaired) electrons. The van der Waals surface area contributed by atoms with Gasteiger partial charge < -0.3 is 9.80 Å². The van der Waals surface area contributed by atoms with Gasteiger partial charge in [-0.05, 0) is 24.6 Å². The van der Waals surface area contributed by atoms with Crippen LogP contribution in [0.25, 0.3) is 0 Å². The van der Waals surface area contributed by atoms with E-state index >= 15 is 0 Å². The number of anilines is 1. The highest BCUT2D eigenvalue weighted by molar-refractivity contribution is 6.30. The van der Waals surface area contributed by atoms with Crippen LogP contribution in [0.2, 0.25) is 5.02 Å². The van der Waals surface area contributed by atoms with Gasteiger partial charge in [0.25, 0.3) is 0 Å². The van der Waals surface area contributed by atoms with Crippen molar-refractivity contribution in [2.75, 3.05) is 25.0 Å². The third-order valence-corrected chi connectivity index (χ3v) is 4.49. The van der Waals surface area contributed by atoms with Crippen molar-refractivity contribution in [3.63, 3.8) is 0 Å². The Bertz CT molecular complexity index is 664. The average molecular weight is 377 g/mol. The molecule has 8 heteroatoms. The Hall–Kier alpha value is -1.76. The summed E-state index contributed by atoms with van der Waals surface area (Å²) >= 11 is 5.67. The van der Waals surface area contributed by atoms with Crippen LogP contribution < -0.4 is 4.90 Å². The van der Waals surface area contributed by atoms with E-state index in [1.54, 1.807) is 7.05 Å². The first-order valence-electron chi connectivity index (χ1n) is 8.07. The van der Waals surface area contributed by atoms with Gasteiger partial charge in [0.05, 0.1) is 17.2 Å². The van der Waals surface area contributed by atoms with Crippen molar-refractivity contribution < 1.29 is 22.8 Å². The van der Waals surface area contributed by atoms with Crippen molar-refractivity contribution in [3.05, 3.63) is 28.8 Å². The van der Waals surface area contributed by atoms with Crippen molar-refractivity contribution in [2.24, 2.45) is 5.92 Å². The Morgan fingerprint density at radius 3 is 2.68 bits per heavy atom. The molecule has 2 amide bonds. The predicted octanol–water partition coefficient (Wildman–Crippen LogP) is 3.97. The van der Waals surface area contributed by atoms with Crippen molar-refractivity contribution in [3.8, 4) is 0 Å². The lowest BCUT2D eigenvalue weighted by Gasteiger charge is -2.23. The van der Waals surface area contributed by atoms with Crippen LogP contribution in [0, 0.1) is 5.92 Å². The Labute approximate surface area is 149 Å². The van der Waals surface area contributed by atoms with E-state index in [1.807, 2.05) is 6.92 Å². The maximum Gasteiger partial charge on any atom is 0.418 e. The summed E-state index contributed by atoms with van der Waals surface area (Å²) in [5.41, 5.74) is -1.23. The molecule has 1 aromatic carbocycles. The molecule has 1 heterocycles. The van der Waals surface area contributed by atoms with Crippen LogP contribution in [0.5, 0.6) is 0 Å². The number of halogens is 4. The number of amides is 2. The third-order valence-electron chi connectivity index (χ3n) is 4.25. The molecule has 0 N–H and O–H groups in total. The normalized spacial score (nSPS) is 17.9. The molecule has 138 valence electrons. The van der Waals surface area contributed by atoms with Crippen LogP contribution in [0.3, 0.4) is 0 Å². The van der Waals surface area contributed by atoms with Gasteiger partial charge >= 0.3 is 6.18 Å². The number of unbranched alkanes of at least 4 members (excludes halogenated alkanes) is 1. The van der Waals surface area contributed by atoms with E-state index in [1.165, 1.54) is 17.0 Å². The van der Waals surface area contributed by atoms with Gasteiger partial charge in [-0.25, -0.2) is 0 Å². The number of alkyl halides is 3. The summed E-state index contributed by atoms with van der Waals surface area (Å²) in [6, 6.07) is 3.28. The molecule has 1 fully saturated rings. The first-order valence-corrected chi connectivity index (χ1v) is 8.45. The lowest BCUT2D eigenvalue weighted by Crippen LogP contribution is -2.35. The number of carbonyl (C=O) groups excluding carboxylic acids is 2.